The van der Waals surface area contributed by atoms with Crippen LogP contribution in [0.3, 0.4) is 0 Å². The maximum Gasteiger partial charge on any atom is 0.258 e. The van der Waals surface area contributed by atoms with Gasteiger partial charge in [-0.1, -0.05) is 12.1 Å². The van der Waals surface area contributed by atoms with Gasteiger partial charge < -0.3 is 19.5 Å². The van der Waals surface area contributed by atoms with Crippen LogP contribution in [0.2, 0.25) is 0 Å². The van der Waals surface area contributed by atoms with E-state index in [1.807, 2.05) is 57.2 Å². The number of rotatable bonds is 7. The number of benzene rings is 2. The van der Waals surface area contributed by atoms with Crippen LogP contribution >= 0.6 is 0 Å². The third-order valence-electron chi connectivity index (χ3n) is 4.13. The molecule has 5 nitrogen and oxygen atoms in total. The van der Waals surface area contributed by atoms with Gasteiger partial charge in [0.2, 0.25) is 0 Å². The van der Waals surface area contributed by atoms with Gasteiger partial charge in [0.05, 0.1) is 20.3 Å². The molecule has 0 heterocycles. The van der Waals surface area contributed by atoms with E-state index in [0.29, 0.717) is 17.2 Å². The Morgan fingerprint density at radius 3 is 2.36 bits per heavy atom. The van der Waals surface area contributed by atoms with Crippen LogP contribution in [0.25, 0.3) is 0 Å². The summed E-state index contributed by atoms with van der Waals surface area (Å²) in [5.74, 6) is 1.80. The molecule has 0 bridgehead atoms. The fraction of sp³-hybridized carbons (Fsp3) is 0.350. The molecule has 2 aromatic rings. The highest BCUT2D eigenvalue weighted by Crippen LogP contribution is 2.29. The Bertz CT molecular complexity index is 742. The monoisotopic (exact) mass is 343 g/mol. The van der Waals surface area contributed by atoms with Crippen LogP contribution in [0, 0.1) is 13.8 Å². The molecular formula is C20H25NO4. The molecule has 25 heavy (non-hydrogen) atoms. The predicted molar refractivity (Wildman–Crippen MR) is 97.5 cm³/mol. The Kier molecular flexibility index (Phi) is 6.28. The van der Waals surface area contributed by atoms with Crippen molar-refractivity contribution in [3.05, 3.63) is 53.1 Å². The molecule has 1 amide bonds. The van der Waals surface area contributed by atoms with Crippen molar-refractivity contribution >= 4 is 5.91 Å². The van der Waals surface area contributed by atoms with Crippen LogP contribution in [0.4, 0.5) is 0 Å². The lowest BCUT2D eigenvalue weighted by molar-refractivity contribution is -0.123. The van der Waals surface area contributed by atoms with E-state index in [-0.39, 0.29) is 18.6 Å². The Labute approximate surface area is 148 Å². The molecular weight excluding hydrogens is 318 g/mol. The van der Waals surface area contributed by atoms with Crippen molar-refractivity contribution in [2.45, 2.75) is 26.8 Å². The van der Waals surface area contributed by atoms with E-state index in [2.05, 4.69) is 5.32 Å². The summed E-state index contributed by atoms with van der Waals surface area (Å²) in [5, 5.41) is 2.92. The molecule has 2 aromatic carbocycles. The lowest BCUT2D eigenvalue weighted by Gasteiger charge is -2.17. The van der Waals surface area contributed by atoms with Gasteiger partial charge in [0.25, 0.3) is 5.91 Å². The van der Waals surface area contributed by atoms with Crippen LogP contribution in [0.15, 0.2) is 36.4 Å². The topological polar surface area (TPSA) is 56.8 Å². The van der Waals surface area contributed by atoms with Crippen LogP contribution < -0.4 is 19.5 Å². The van der Waals surface area contributed by atoms with Crippen molar-refractivity contribution in [1.82, 2.24) is 5.32 Å². The number of aryl methyl sites for hydroxylation is 2. The molecule has 5 heteroatoms. The van der Waals surface area contributed by atoms with Crippen molar-refractivity contribution in [1.29, 1.82) is 0 Å². The van der Waals surface area contributed by atoms with Gasteiger partial charge >= 0.3 is 0 Å². The Morgan fingerprint density at radius 2 is 1.72 bits per heavy atom. The second kappa shape index (κ2) is 8.42. The molecule has 0 aliphatic rings. The maximum atomic E-state index is 12.1. The Morgan fingerprint density at radius 1 is 1.00 bits per heavy atom. The predicted octanol–water partition coefficient (Wildman–Crippen LogP) is 3.58. The van der Waals surface area contributed by atoms with E-state index in [1.165, 1.54) is 5.56 Å². The van der Waals surface area contributed by atoms with Crippen LogP contribution in [-0.4, -0.2) is 26.7 Å². The van der Waals surface area contributed by atoms with E-state index in [9.17, 15) is 4.79 Å². The standard InChI is InChI=1S/C20H25NO4/c1-13-6-8-17(10-14(13)2)25-12-20(22)21-15(3)16-7-9-18(23-4)19(11-16)24-5/h6-11,15H,12H2,1-5H3,(H,21,22)/t15-/m1/s1. The van der Waals surface area contributed by atoms with Gasteiger partial charge in [0.1, 0.15) is 5.75 Å². The minimum atomic E-state index is -0.180. The molecule has 2 rings (SSSR count). The highest BCUT2D eigenvalue weighted by atomic mass is 16.5. The Balaban J connectivity index is 1.94. The number of methoxy groups -OCH3 is 2. The fourth-order valence-corrected chi connectivity index (χ4v) is 2.44. The maximum absolute atomic E-state index is 12.1. The number of amides is 1. The van der Waals surface area contributed by atoms with Crippen molar-refractivity contribution in [2.75, 3.05) is 20.8 Å². The van der Waals surface area contributed by atoms with Crippen LogP contribution in [-0.2, 0) is 4.79 Å². The van der Waals surface area contributed by atoms with Gasteiger partial charge in [-0.25, -0.2) is 0 Å². The number of carbonyl (C=O) groups is 1. The molecule has 1 atom stereocenters. The summed E-state index contributed by atoms with van der Waals surface area (Å²) < 4.78 is 16.1. The third kappa shape index (κ3) is 4.89. The highest BCUT2D eigenvalue weighted by Gasteiger charge is 2.13. The molecule has 0 aromatic heterocycles. The summed E-state index contributed by atoms with van der Waals surface area (Å²) in [7, 11) is 3.18. The summed E-state index contributed by atoms with van der Waals surface area (Å²) in [5.41, 5.74) is 3.26. The summed E-state index contributed by atoms with van der Waals surface area (Å²) in [6, 6.07) is 11.2. The van der Waals surface area contributed by atoms with Gasteiger partial charge in [-0.05, 0) is 61.7 Å². The van der Waals surface area contributed by atoms with E-state index >= 15 is 0 Å². The quantitative estimate of drug-likeness (QED) is 0.835. The first-order valence-corrected chi connectivity index (χ1v) is 8.16. The summed E-state index contributed by atoms with van der Waals surface area (Å²) >= 11 is 0. The van der Waals surface area contributed by atoms with Crippen LogP contribution in [0.5, 0.6) is 17.2 Å². The first-order valence-electron chi connectivity index (χ1n) is 8.16. The average Bonchev–Trinajstić information content (AvgIpc) is 2.62. The third-order valence-corrected chi connectivity index (χ3v) is 4.13. The summed E-state index contributed by atoms with van der Waals surface area (Å²) in [6.07, 6.45) is 0. The number of carbonyl (C=O) groups excluding carboxylic acids is 1. The van der Waals surface area contributed by atoms with E-state index in [0.717, 1.165) is 11.1 Å². The molecule has 0 saturated heterocycles. The second-order valence-corrected chi connectivity index (χ2v) is 5.94. The van der Waals surface area contributed by atoms with Crippen LogP contribution in [0.1, 0.15) is 29.7 Å². The van der Waals surface area contributed by atoms with E-state index in [4.69, 9.17) is 14.2 Å². The molecule has 0 fully saturated rings. The Hall–Kier alpha value is -2.69. The van der Waals surface area contributed by atoms with Gasteiger partial charge in [-0.15, -0.1) is 0 Å². The highest BCUT2D eigenvalue weighted by molar-refractivity contribution is 5.78. The van der Waals surface area contributed by atoms with Gasteiger partial charge in [-0.3, -0.25) is 4.79 Å². The minimum absolute atomic E-state index is 0.0276. The largest absolute Gasteiger partial charge is 0.493 e. The molecule has 134 valence electrons. The zero-order valence-electron chi connectivity index (χ0n) is 15.4. The number of hydrogen-bond acceptors (Lipinski definition) is 4. The SMILES string of the molecule is COc1ccc([C@@H](C)NC(=O)COc2ccc(C)c(C)c2)cc1OC. The molecule has 0 radical (unpaired) electrons. The number of ether oxygens (including phenoxy) is 3. The van der Waals surface area contributed by atoms with Gasteiger partial charge in [0.15, 0.2) is 18.1 Å². The first kappa shape index (κ1) is 18.6. The zero-order valence-corrected chi connectivity index (χ0v) is 15.4. The summed E-state index contributed by atoms with van der Waals surface area (Å²) in [6.45, 7) is 5.94. The summed E-state index contributed by atoms with van der Waals surface area (Å²) in [4.78, 5) is 12.1. The van der Waals surface area contributed by atoms with Crippen molar-refractivity contribution in [3.63, 3.8) is 0 Å². The number of hydrogen-bond donors (Lipinski definition) is 1. The zero-order chi connectivity index (χ0) is 18.4. The first-order chi connectivity index (χ1) is 11.9. The minimum Gasteiger partial charge on any atom is -0.493 e. The molecule has 1 N–H and O–H groups in total. The molecule has 0 saturated carbocycles. The molecule has 0 aliphatic carbocycles. The molecule has 0 aliphatic heterocycles. The lowest BCUT2D eigenvalue weighted by Crippen LogP contribution is -2.31. The van der Waals surface area contributed by atoms with E-state index < -0.39 is 0 Å². The fourth-order valence-electron chi connectivity index (χ4n) is 2.44. The van der Waals surface area contributed by atoms with Gasteiger partial charge in [-0.2, -0.15) is 0 Å². The molecule has 0 unspecified atom stereocenters. The average molecular weight is 343 g/mol. The van der Waals surface area contributed by atoms with Crippen molar-refractivity contribution in [3.8, 4) is 17.2 Å². The molecule has 0 spiro atoms. The van der Waals surface area contributed by atoms with Gasteiger partial charge in [0, 0.05) is 0 Å². The second-order valence-electron chi connectivity index (χ2n) is 5.94. The number of nitrogens with one attached hydrogen (secondary N) is 1. The normalized spacial score (nSPS) is 11.6. The van der Waals surface area contributed by atoms with E-state index in [1.54, 1.807) is 14.2 Å². The lowest BCUT2D eigenvalue weighted by atomic mass is 10.1. The smallest absolute Gasteiger partial charge is 0.258 e. The van der Waals surface area contributed by atoms with Crippen molar-refractivity contribution in [2.24, 2.45) is 0 Å². The van der Waals surface area contributed by atoms with Crippen molar-refractivity contribution < 1.29 is 19.0 Å².